The molecule has 0 aliphatic carbocycles. The number of aromatic nitrogens is 1. The summed E-state index contributed by atoms with van der Waals surface area (Å²) in [6.07, 6.45) is 5.72. The van der Waals surface area contributed by atoms with Crippen molar-refractivity contribution in [2.45, 2.75) is 57.8 Å². The van der Waals surface area contributed by atoms with E-state index in [0.29, 0.717) is 10.8 Å². The zero-order valence-electron chi connectivity index (χ0n) is 24.1. The average molecular weight is 587 g/mol. The SMILES string of the molecule is CC(C)(CS[C@@H](CCc1ccccc1C(C)(C)O)c1cccc(/C=C/c2ccc3ccc(Cl)cc3n2)c1)CC(=O)[O-]. The van der Waals surface area contributed by atoms with Gasteiger partial charge in [-0.15, -0.1) is 0 Å². The van der Waals surface area contributed by atoms with Crippen LogP contribution < -0.4 is 5.11 Å². The van der Waals surface area contributed by atoms with Crippen molar-refractivity contribution in [1.82, 2.24) is 4.98 Å². The highest BCUT2D eigenvalue weighted by Gasteiger charge is 2.24. The number of carboxylic acids is 1. The van der Waals surface area contributed by atoms with Gasteiger partial charge in [-0.1, -0.05) is 92.2 Å². The minimum Gasteiger partial charge on any atom is -0.550 e. The summed E-state index contributed by atoms with van der Waals surface area (Å²) in [4.78, 5) is 16.1. The van der Waals surface area contributed by atoms with Crippen molar-refractivity contribution in [3.8, 4) is 0 Å². The van der Waals surface area contributed by atoms with Crippen molar-refractivity contribution in [3.63, 3.8) is 0 Å². The second-order valence-corrected chi connectivity index (χ2v) is 13.5. The summed E-state index contributed by atoms with van der Waals surface area (Å²) in [5, 5.41) is 23.9. The third-order valence-corrected chi connectivity index (χ3v) is 9.15. The zero-order valence-corrected chi connectivity index (χ0v) is 25.6. The number of hydrogen-bond acceptors (Lipinski definition) is 5. The van der Waals surface area contributed by atoms with E-state index in [9.17, 15) is 15.0 Å². The number of thioether (sulfide) groups is 1. The maximum Gasteiger partial charge on any atom is 0.0843 e. The summed E-state index contributed by atoms with van der Waals surface area (Å²) >= 11 is 7.94. The molecule has 1 heterocycles. The molecule has 214 valence electrons. The van der Waals surface area contributed by atoms with Crippen LogP contribution >= 0.6 is 23.4 Å². The molecule has 0 amide bonds. The number of aliphatic carboxylic acids is 1. The Labute approximate surface area is 252 Å². The second kappa shape index (κ2) is 13.2. The van der Waals surface area contributed by atoms with Gasteiger partial charge in [0.2, 0.25) is 0 Å². The Balaban J connectivity index is 1.58. The molecule has 3 aromatic carbocycles. The third-order valence-electron chi connectivity index (χ3n) is 7.06. The first-order valence-corrected chi connectivity index (χ1v) is 15.3. The van der Waals surface area contributed by atoms with Gasteiger partial charge in [-0.3, -0.25) is 0 Å². The molecule has 41 heavy (non-hydrogen) atoms. The average Bonchev–Trinajstić information content (AvgIpc) is 2.90. The van der Waals surface area contributed by atoms with Crippen LogP contribution in [0.1, 0.15) is 73.7 Å². The number of aryl methyl sites for hydroxylation is 1. The smallest absolute Gasteiger partial charge is 0.0843 e. The minimum atomic E-state index is -1.03. The van der Waals surface area contributed by atoms with Crippen LogP contribution in [-0.4, -0.2) is 21.8 Å². The normalized spacial score (nSPS) is 13.1. The lowest BCUT2D eigenvalue weighted by molar-refractivity contribution is -0.307. The topological polar surface area (TPSA) is 73.2 Å². The van der Waals surface area contributed by atoms with Crippen molar-refractivity contribution in [3.05, 3.63) is 112 Å². The number of nitrogens with zero attached hydrogens (tertiary/aromatic N) is 1. The molecule has 0 fully saturated rings. The van der Waals surface area contributed by atoms with E-state index in [0.717, 1.165) is 46.1 Å². The van der Waals surface area contributed by atoms with Crippen molar-refractivity contribution >= 4 is 52.4 Å². The first-order chi connectivity index (χ1) is 19.4. The van der Waals surface area contributed by atoms with Crippen molar-refractivity contribution in [2.24, 2.45) is 5.41 Å². The van der Waals surface area contributed by atoms with Crippen LogP contribution in [0.3, 0.4) is 0 Å². The van der Waals surface area contributed by atoms with Gasteiger partial charge in [0, 0.05) is 21.6 Å². The van der Waals surface area contributed by atoms with Crippen LogP contribution in [0.2, 0.25) is 5.02 Å². The van der Waals surface area contributed by atoms with Gasteiger partial charge >= 0.3 is 0 Å². The van der Waals surface area contributed by atoms with E-state index in [1.165, 1.54) is 5.56 Å². The molecule has 0 unspecified atom stereocenters. The molecule has 0 saturated carbocycles. The first-order valence-electron chi connectivity index (χ1n) is 13.9. The summed E-state index contributed by atoms with van der Waals surface area (Å²) in [6.45, 7) is 7.57. The Kier molecular flexibility index (Phi) is 9.96. The van der Waals surface area contributed by atoms with E-state index in [-0.39, 0.29) is 11.7 Å². The summed E-state index contributed by atoms with van der Waals surface area (Å²) in [5.41, 5.74) is 4.68. The number of carbonyl (C=O) groups excluding carboxylic acids is 1. The van der Waals surface area contributed by atoms with Crippen LogP contribution in [0, 0.1) is 5.41 Å². The predicted octanol–water partition coefficient (Wildman–Crippen LogP) is 7.86. The van der Waals surface area contributed by atoms with Crippen LogP contribution in [0.4, 0.5) is 0 Å². The molecule has 4 aromatic rings. The maximum absolute atomic E-state index is 11.3. The molecule has 0 saturated heterocycles. The summed E-state index contributed by atoms with van der Waals surface area (Å²) in [7, 11) is 0. The van der Waals surface area contributed by atoms with Gasteiger partial charge in [0.15, 0.2) is 0 Å². The third kappa shape index (κ3) is 8.93. The Morgan fingerprint density at radius 1 is 1.00 bits per heavy atom. The second-order valence-electron chi connectivity index (χ2n) is 11.8. The fourth-order valence-corrected chi connectivity index (χ4v) is 6.52. The zero-order chi connectivity index (χ0) is 29.6. The van der Waals surface area contributed by atoms with Crippen LogP contribution in [0.15, 0.2) is 78.9 Å². The standard InChI is InChI=1S/C35H38ClNO3S/c1-34(2,22-33(38)39)23-41-32(19-15-25-9-5-6-11-30(25)35(3,4)40)27-10-7-8-24(20-27)12-17-29-18-14-26-13-16-28(36)21-31(26)37-29/h5-14,16-18,20-21,32,40H,15,19,22-23H2,1-4H3,(H,38,39)/p-1/b17-12+/t32-/m0/s1. The number of rotatable bonds is 12. The van der Waals surface area contributed by atoms with E-state index >= 15 is 0 Å². The highest BCUT2D eigenvalue weighted by atomic mass is 35.5. The molecule has 0 radical (unpaired) electrons. The Bertz CT molecular complexity index is 1540. The van der Waals surface area contributed by atoms with Crippen molar-refractivity contribution in [2.75, 3.05) is 5.75 Å². The molecule has 4 rings (SSSR count). The lowest BCUT2D eigenvalue weighted by atomic mass is 9.90. The number of benzene rings is 3. The summed E-state index contributed by atoms with van der Waals surface area (Å²) < 4.78 is 0. The minimum absolute atomic E-state index is 0.0149. The molecule has 4 nitrogen and oxygen atoms in total. The van der Waals surface area contributed by atoms with Crippen LogP contribution in [0.25, 0.3) is 23.1 Å². The summed E-state index contributed by atoms with van der Waals surface area (Å²) in [6, 6.07) is 26.2. The van der Waals surface area contributed by atoms with E-state index in [2.05, 4.69) is 36.4 Å². The molecular weight excluding hydrogens is 550 g/mol. The van der Waals surface area contributed by atoms with Crippen LogP contribution in [-0.2, 0) is 16.8 Å². The number of carbonyl (C=O) groups is 1. The predicted molar refractivity (Wildman–Crippen MR) is 171 cm³/mol. The quantitative estimate of drug-likeness (QED) is 0.183. The number of halogens is 1. The first kappa shape index (κ1) is 30.8. The molecule has 6 heteroatoms. The van der Waals surface area contributed by atoms with Crippen LogP contribution in [0.5, 0.6) is 0 Å². The van der Waals surface area contributed by atoms with Gasteiger partial charge in [-0.25, -0.2) is 4.98 Å². The van der Waals surface area contributed by atoms with Gasteiger partial charge < -0.3 is 15.0 Å². The molecule has 0 spiro atoms. The summed E-state index contributed by atoms with van der Waals surface area (Å²) in [5.74, 6) is -0.342. The number of hydrogen-bond donors (Lipinski definition) is 1. The van der Waals surface area contributed by atoms with Gasteiger partial charge in [0.1, 0.15) is 0 Å². The van der Waals surface area contributed by atoms with E-state index in [1.807, 2.05) is 82.3 Å². The largest absolute Gasteiger partial charge is 0.550 e. The number of carboxylic acid groups (broad SMARTS) is 1. The lowest BCUT2D eigenvalue weighted by Crippen LogP contribution is -2.30. The monoisotopic (exact) mass is 586 g/mol. The molecular formula is C35H37ClNO3S-. The maximum atomic E-state index is 11.3. The number of fused-ring (bicyclic) bond motifs is 1. The Hall–Kier alpha value is -3.12. The molecule has 1 N–H and O–H groups in total. The number of pyridine rings is 1. The van der Waals surface area contributed by atoms with Crippen molar-refractivity contribution in [1.29, 1.82) is 0 Å². The molecule has 1 atom stereocenters. The molecule has 0 aliphatic rings. The Morgan fingerprint density at radius 2 is 1.76 bits per heavy atom. The van der Waals surface area contributed by atoms with E-state index in [1.54, 1.807) is 11.8 Å². The fourth-order valence-electron chi connectivity index (χ4n) is 4.98. The molecule has 0 aliphatic heterocycles. The van der Waals surface area contributed by atoms with Gasteiger partial charge in [0.05, 0.1) is 16.8 Å². The highest BCUT2D eigenvalue weighted by molar-refractivity contribution is 7.99. The molecule has 0 bridgehead atoms. The number of aliphatic hydroxyl groups is 1. The van der Waals surface area contributed by atoms with Gasteiger partial charge in [-0.05, 0) is 90.8 Å². The lowest BCUT2D eigenvalue weighted by Gasteiger charge is -2.28. The fraction of sp³-hybridized carbons (Fsp3) is 0.314. The van der Waals surface area contributed by atoms with E-state index < -0.39 is 17.0 Å². The molecule has 1 aromatic heterocycles. The van der Waals surface area contributed by atoms with Gasteiger partial charge in [-0.2, -0.15) is 11.8 Å². The highest BCUT2D eigenvalue weighted by Crippen LogP contribution is 2.39. The van der Waals surface area contributed by atoms with E-state index in [4.69, 9.17) is 16.6 Å². The van der Waals surface area contributed by atoms with Crippen molar-refractivity contribution < 1.29 is 15.0 Å². The van der Waals surface area contributed by atoms with Gasteiger partial charge in [0.25, 0.3) is 0 Å². The Morgan fingerprint density at radius 3 is 2.51 bits per heavy atom.